The molecule has 2 aromatic rings. The molecule has 0 N–H and O–H groups in total. The molecule has 0 saturated carbocycles. The summed E-state index contributed by atoms with van der Waals surface area (Å²) in [6.07, 6.45) is 7.48. The Morgan fingerprint density at radius 1 is 0.958 bits per heavy atom. The molecule has 1 aromatic carbocycles. The first-order valence-electron chi connectivity index (χ1n) is 8.54. The van der Waals surface area contributed by atoms with E-state index in [1.165, 1.54) is 0 Å². The van der Waals surface area contributed by atoms with Gasteiger partial charge < -0.3 is 0 Å². The Hall–Kier alpha value is -1.73. The van der Waals surface area contributed by atoms with Gasteiger partial charge in [-0.05, 0) is 37.7 Å². The molecule has 0 amide bonds. The Bertz CT molecular complexity index is 762. The average Bonchev–Trinajstić information content (AvgIpc) is 3.21. The number of aromatic nitrogens is 3. The van der Waals surface area contributed by atoms with Gasteiger partial charge in [-0.25, -0.2) is 8.42 Å². The molecule has 6 nitrogen and oxygen atoms in total. The van der Waals surface area contributed by atoms with Crippen LogP contribution in [0.4, 0.5) is 0 Å². The zero-order chi connectivity index (χ0) is 16.6. The molecule has 2 aliphatic rings. The number of nitrogens with zero attached hydrogens (tertiary/aromatic N) is 4. The summed E-state index contributed by atoms with van der Waals surface area (Å²) in [4.78, 5) is 1.75. The minimum Gasteiger partial charge on any atom is -0.212 e. The van der Waals surface area contributed by atoms with Crippen molar-refractivity contribution in [1.82, 2.24) is 19.3 Å². The van der Waals surface area contributed by atoms with Gasteiger partial charge in [0.2, 0.25) is 10.0 Å². The summed E-state index contributed by atoms with van der Waals surface area (Å²) in [6.45, 7) is 0. The summed E-state index contributed by atoms with van der Waals surface area (Å²) >= 11 is 0. The largest absolute Gasteiger partial charge is 0.214 e. The fourth-order valence-electron chi connectivity index (χ4n) is 4.16. The van der Waals surface area contributed by atoms with Crippen LogP contribution in [-0.2, 0) is 16.4 Å². The van der Waals surface area contributed by atoms with Crippen LogP contribution in [0, 0.1) is 0 Å². The highest BCUT2D eigenvalue weighted by atomic mass is 32.2. The average molecular weight is 346 g/mol. The highest BCUT2D eigenvalue weighted by Gasteiger charge is 2.47. The summed E-state index contributed by atoms with van der Waals surface area (Å²) in [6, 6.07) is 10.2. The van der Waals surface area contributed by atoms with Crippen LogP contribution in [0.15, 0.2) is 42.7 Å². The molecular formula is C17H22N4O2S. The Morgan fingerprint density at radius 2 is 1.58 bits per heavy atom. The van der Waals surface area contributed by atoms with Gasteiger partial charge in [-0.2, -0.15) is 19.3 Å². The quantitative estimate of drug-likeness (QED) is 0.831. The standard InChI is InChI=1S/C17H22N4O2S/c22-24(23,11-8-14-4-2-1-3-5-14)20-15-6-7-16(20)13-17(12-15)21-18-9-10-19-21/h1-5,9-10,15-17H,6-8,11-13H2. The van der Waals surface area contributed by atoms with Crippen molar-refractivity contribution in [1.29, 1.82) is 0 Å². The third-order valence-corrected chi connectivity index (χ3v) is 7.18. The van der Waals surface area contributed by atoms with E-state index in [1.807, 2.05) is 30.3 Å². The van der Waals surface area contributed by atoms with Crippen molar-refractivity contribution in [3.63, 3.8) is 0 Å². The van der Waals surface area contributed by atoms with Crippen molar-refractivity contribution >= 4 is 10.0 Å². The van der Waals surface area contributed by atoms with Crippen molar-refractivity contribution in [3.8, 4) is 0 Å². The molecule has 0 spiro atoms. The van der Waals surface area contributed by atoms with Crippen LogP contribution in [0.1, 0.15) is 37.3 Å². The zero-order valence-corrected chi connectivity index (χ0v) is 14.3. The van der Waals surface area contributed by atoms with Crippen LogP contribution in [0.3, 0.4) is 0 Å². The van der Waals surface area contributed by atoms with Crippen molar-refractivity contribution < 1.29 is 8.42 Å². The first-order valence-corrected chi connectivity index (χ1v) is 10.2. The number of benzene rings is 1. The van der Waals surface area contributed by atoms with E-state index in [1.54, 1.807) is 21.5 Å². The molecule has 2 atom stereocenters. The van der Waals surface area contributed by atoms with E-state index in [2.05, 4.69) is 10.2 Å². The van der Waals surface area contributed by atoms with Gasteiger partial charge in [0.25, 0.3) is 0 Å². The van der Waals surface area contributed by atoms with E-state index >= 15 is 0 Å². The Kier molecular flexibility index (Phi) is 4.14. The lowest BCUT2D eigenvalue weighted by atomic mass is 10.0. The van der Waals surface area contributed by atoms with Gasteiger partial charge >= 0.3 is 0 Å². The van der Waals surface area contributed by atoms with Gasteiger partial charge in [-0.1, -0.05) is 30.3 Å². The lowest BCUT2D eigenvalue weighted by Gasteiger charge is -2.37. The maximum atomic E-state index is 12.9. The highest BCUT2D eigenvalue weighted by molar-refractivity contribution is 7.89. The molecule has 2 unspecified atom stereocenters. The Balaban J connectivity index is 1.46. The molecule has 24 heavy (non-hydrogen) atoms. The van der Waals surface area contributed by atoms with Crippen LogP contribution in [0.25, 0.3) is 0 Å². The molecule has 4 rings (SSSR count). The SMILES string of the molecule is O=S(=O)(CCc1ccccc1)N1C2CCC1CC(n1nccn1)C2. The van der Waals surface area contributed by atoms with Crippen LogP contribution in [0.2, 0.25) is 0 Å². The first kappa shape index (κ1) is 15.8. The topological polar surface area (TPSA) is 68.1 Å². The normalized spacial score (nSPS) is 27.4. The van der Waals surface area contributed by atoms with Crippen LogP contribution >= 0.6 is 0 Å². The van der Waals surface area contributed by atoms with Crippen LogP contribution in [0.5, 0.6) is 0 Å². The van der Waals surface area contributed by atoms with Crippen LogP contribution in [-0.4, -0.2) is 45.6 Å². The Morgan fingerprint density at radius 3 is 2.21 bits per heavy atom. The molecule has 0 aliphatic carbocycles. The second-order valence-electron chi connectivity index (χ2n) is 6.74. The highest BCUT2D eigenvalue weighted by Crippen LogP contribution is 2.42. The molecule has 2 bridgehead atoms. The smallest absolute Gasteiger partial charge is 0.212 e. The summed E-state index contributed by atoms with van der Waals surface area (Å²) < 4.78 is 27.6. The second kappa shape index (κ2) is 6.29. The molecular weight excluding hydrogens is 324 g/mol. The lowest BCUT2D eigenvalue weighted by Crippen LogP contribution is -2.48. The predicted octanol–water partition coefficient (Wildman–Crippen LogP) is 2.02. The van der Waals surface area contributed by atoms with E-state index < -0.39 is 10.0 Å². The molecule has 2 saturated heterocycles. The van der Waals surface area contributed by atoms with Crippen LogP contribution < -0.4 is 0 Å². The van der Waals surface area contributed by atoms with Crippen molar-refractivity contribution in [2.45, 2.75) is 50.2 Å². The van der Waals surface area contributed by atoms with Gasteiger partial charge in [0, 0.05) is 12.1 Å². The molecule has 1 aromatic heterocycles. The minimum atomic E-state index is -3.23. The zero-order valence-electron chi connectivity index (χ0n) is 13.5. The van der Waals surface area contributed by atoms with Gasteiger partial charge in [-0.3, -0.25) is 0 Å². The van der Waals surface area contributed by atoms with Gasteiger partial charge in [0.05, 0.1) is 24.2 Å². The van der Waals surface area contributed by atoms with Gasteiger partial charge in [0.15, 0.2) is 0 Å². The molecule has 128 valence electrons. The first-order chi connectivity index (χ1) is 11.6. The van der Waals surface area contributed by atoms with Gasteiger partial charge in [0.1, 0.15) is 0 Å². The lowest BCUT2D eigenvalue weighted by molar-refractivity contribution is 0.174. The summed E-state index contributed by atoms with van der Waals surface area (Å²) in [7, 11) is -3.23. The molecule has 0 radical (unpaired) electrons. The van der Waals surface area contributed by atoms with E-state index in [9.17, 15) is 8.42 Å². The van der Waals surface area contributed by atoms with E-state index in [4.69, 9.17) is 0 Å². The number of piperidine rings is 1. The summed E-state index contributed by atoms with van der Waals surface area (Å²) in [5.74, 6) is 0.189. The molecule has 3 heterocycles. The fourth-order valence-corrected chi connectivity index (χ4v) is 6.16. The third kappa shape index (κ3) is 2.98. The fraction of sp³-hybridized carbons (Fsp3) is 0.529. The van der Waals surface area contributed by atoms with Gasteiger partial charge in [-0.15, -0.1) is 0 Å². The monoisotopic (exact) mass is 346 g/mol. The predicted molar refractivity (Wildman–Crippen MR) is 90.9 cm³/mol. The number of aryl methyl sites for hydroxylation is 1. The number of hydrogen-bond donors (Lipinski definition) is 0. The maximum Gasteiger partial charge on any atom is 0.214 e. The maximum absolute atomic E-state index is 12.9. The van der Waals surface area contributed by atoms with Crippen molar-refractivity contribution in [3.05, 3.63) is 48.3 Å². The molecule has 2 aliphatic heterocycles. The Labute approximate surface area is 142 Å². The summed E-state index contributed by atoms with van der Waals surface area (Å²) in [5, 5.41) is 8.47. The number of sulfonamides is 1. The number of hydrogen-bond acceptors (Lipinski definition) is 4. The van der Waals surface area contributed by atoms with Crippen molar-refractivity contribution in [2.75, 3.05) is 5.75 Å². The summed E-state index contributed by atoms with van der Waals surface area (Å²) in [5.41, 5.74) is 1.07. The van der Waals surface area contributed by atoms with Crippen molar-refractivity contribution in [2.24, 2.45) is 0 Å². The molecule has 7 heteroatoms. The number of fused-ring (bicyclic) bond motifs is 2. The van der Waals surface area contributed by atoms with E-state index in [-0.39, 0.29) is 23.9 Å². The number of rotatable bonds is 5. The van der Waals surface area contributed by atoms with E-state index in [0.717, 1.165) is 31.2 Å². The minimum absolute atomic E-state index is 0.0977. The molecule has 2 fully saturated rings. The third-order valence-electron chi connectivity index (χ3n) is 5.22. The second-order valence-corrected chi connectivity index (χ2v) is 8.73. The van der Waals surface area contributed by atoms with E-state index in [0.29, 0.717) is 6.42 Å².